The lowest BCUT2D eigenvalue weighted by Gasteiger charge is -2.41. The first-order valence-corrected chi connectivity index (χ1v) is 7.98. The number of carbonyl (C=O) groups excluding carboxylic acids is 2. The molecule has 22 heavy (non-hydrogen) atoms. The molecule has 1 atom stereocenters. The lowest BCUT2D eigenvalue weighted by molar-refractivity contribution is -0.156. The van der Waals surface area contributed by atoms with Crippen molar-refractivity contribution >= 4 is 12.1 Å². The van der Waals surface area contributed by atoms with Crippen LogP contribution in [0.15, 0.2) is 0 Å². The van der Waals surface area contributed by atoms with Crippen molar-refractivity contribution in [3.8, 4) is 0 Å². The van der Waals surface area contributed by atoms with E-state index in [1.807, 2.05) is 34.6 Å². The Hall–Kier alpha value is -1.30. The third-order valence-electron chi connectivity index (χ3n) is 3.71. The summed E-state index contributed by atoms with van der Waals surface area (Å²) in [6, 6.07) is -0.0164. The highest BCUT2D eigenvalue weighted by Crippen LogP contribution is 2.22. The van der Waals surface area contributed by atoms with E-state index in [0.29, 0.717) is 13.2 Å². The van der Waals surface area contributed by atoms with Crippen LogP contribution in [0.2, 0.25) is 0 Å². The lowest BCUT2D eigenvalue weighted by Crippen LogP contribution is -2.58. The molecule has 1 heterocycles. The molecule has 128 valence electrons. The van der Waals surface area contributed by atoms with Crippen LogP contribution in [0.25, 0.3) is 0 Å². The second-order valence-electron chi connectivity index (χ2n) is 7.21. The molecule has 0 aromatic carbocycles. The summed E-state index contributed by atoms with van der Waals surface area (Å²) in [5.41, 5.74) is -1.20. The van der Waals surface area contributed by atoms with Crippen LogP contribution in [0.5, 0.6) is 0 Å². The second-order valence-corrected chi connectivity index (χ2v) is 7.21. The zero-order valence-electron chi connectivity index (χ0n) is 14.7. The molecule has 1 aliphatic rings. The van der Waals surface area contributed by atoms with Gasteiger partial charge in [-0.15, -0.1) is 0 Å². The number of ether oxygens (including phenoxy) is 2. The zero-order valence-corrected chi connectivity index (χ0v) is 14.7. The molecule has 0 aromatic rings. The number of rotatable bonds is 4. The maximum Gasteiger partial charge on any atom is 0.407 e. The van der Waals surface area contributed by atoms with E-state index < -0.39 is 17.2 Å². The Balaban J connectivity index is 2.61. The summed E-state index contributed by atoms with van der Waals surface area (Å²) >= 11 is 0. The third kappa shape index (κ3) is 5.48. The quantitative estimate of drug-likeness (QED) is 0.807. The Morgan fingerprint density at radius 3 is 2.41 bits per heavy atom. The number of nitrogens with one attached hydrogen (secondary N) is 1. The molecule has 0 radical (unpaired) electrons. The Labute approximate surface area is 133 Å². The molecule has 0 unspecified atom stereocenters. The number of nitrogens with zero attached hydrogens (tertiary/aromatic N) is 1. The molecule has 1 N–H and O–H groups in total. The van der Waals surface area contributed by atoms with E-state index in [9.17, 15) is 9.59 Å². The van der Waals surface area contributed by atoms with Crippen molar-refractivity contribution in [2.24, 2.45) is 0 Å². The van der Waals surface area contributed by atoms with Crippen LogP contribution in [0, 0.1) is 0 Å². The third-order valence-corrected chi connectivity index (χ3v) is 3.71. The number of alkyl carbamates (subject to hydrolysis) is 1. The van der Waals surface area contributed by atoms with Crippen LogP contribution in [0.4, 0.5) is 4.79 Å². The van der Waals surface area contributed by atoms with Crippen LogP contribution in [-0.2, 0) is 14.3 Å². The van der Waals surface area contributed by atoms with E-state index in [0.717, 1.165) is 19.4 Å². The fourth-order valence-corrected chi connectivity index (χ4v) is 2.51. The normalized spacial score (nSPS) is 20.4. The van der Waals surface area contributed by atoms with E-state index in [4.69, 9.17) is 9.47 Å². The fourth-order valence-electron chi connectivity index (χ4n) is 2.51. The Kier molecular flexibility index (Phi) is 6.23. The van der Waals surface area contributed by atoms with Crippen LogP contribution in [0.3, 0.4) is 0 Å². The molecule has 1 fully saturated rings. The van der Waals surface area contributed by atoms with Crippen LogP contribution >= 0.6 is 0 Å². The summed E-state index contributed by atoms with van der Waals surface area (Å²) in [7, 11) is 0. The van der Waals surface area contributed by atoms with Gasteiger partial charge in [-0.3, -0.25) is 9.69 Å². The van der Waals surface area contributed by atoms with Gasteiger partial charge in [0, 0.05) is 12.6 Å². The van der Waals surface area contributed by atoms with Crippen molar-refractivity contribution in [2.45, 2.75) is 71.6 Å². The molecule has 1 rings (SSSR count). The summed E-state index contributed by atoms with van der Waals surface area (Å²) in [6.45, 7) is 12.8. The smallest absolute Gasteiger partial charge is 0.407 e. The van der Waals surface area contributed by atoms with Gasteiger partial charge in [-0.2, -0.15) is 0 Å². The van der Waals surface area contributed by atoms with E-state index >= 15 is 0 Å². The topological polar surface area (TPSA) is 67.9 Å². The maximum atomic E-state index is 12.1. The minimum Gasteiger partial charge on any atom is -0.465 e. The van der Waals surface area contributed by atoms with Crippen LogP contribution < -0.4 is 5.32 Å². The Bertz CT molecular complexity index is 401. The second kappa shape index (κ2) is 7.31. The van der Waals surface area contributed by atoms with E-state index in [1.54, 1.807) is 6.92 Å². The maximum absolute atomic E-state index is 12.1. The van der Waals surface area contributed by atoms with Crippen molar-refractivity contribution in [1.29, 1.82) is 0 Å². The first kappa shape index (κ1) is 18.7. The number of carbonyl (C=O) groups is 2. The van der Waals surface area contributed by atoms with Crippen molar-refractivity contribution in [1.82, 2.24) is 10.2 Å². The first-order chi connectivity index (χ1) is 10.1. The predicted molar refractivity (Wildman–Crippen MR) is 84.7 cm³/mol. The summed E-state index contributed by atoms with van der Waals surface area (Å²) < 4.78 is 10.4. The monoisotopic (exact) mass is 314 g/mol. The largest absolute Gasteiger partial charge is 0.465 e. The Morgan fingerprint density at radius 2 is 1.86 bits per heavy atom. The number of esters is 1. The van der Waals surface area contributed by atoms with Crippen LogP contribution in [-0.4, -0.2) is 53.8 Å². The van der Waals surface area contributed by atoms with Crippen molar-refractivity contribution in [2.75, 3.05) is 19.7 Å². The van der Waals surface area contributed by atoms with Gasteiger partial charge in [0.1, 0.15) is 11.1 Å². The molecule has 0 aromatic heterocycles. The van der Waals surface area contributed by atoms with Crippen molar-refractivity contribution < 1.29 is 19.1 Å². The average Bonchev–Trinajstić information content (AvgIpc) is 2.36. The minimum atomic E-state index is -0.690. The Morgan fingerprint density at radius 1 is 1.23 bits per heavy atom. The highest BCUT2D eigenvalue weighted by molar-refractivity contribution is 5.79. The fraction of sp³-hybridized carbons (Fsp3) is 0.875. The summed E-state index contributed by atoms with van der Waals surface area (Å²) in [4.78, 5) is 26.0. The van der Waals surface area contributed by atoms with E-state index in [2.05, 4.69) is 10.2 Å². The van der Waals surface area contributed by atoms with Gasteiger partial charge in [0.25, 0.3) is 0 Å². The molecule has 6 heteroatoms. The number of hydrogen-bond donors (Lipinski definition) is 1. The first-order valence-electron chi connectivity index (χ1n) is 7.98. The molecular weight excluding hydrogens is 284 g/mol. The SMILES string of the molecule is CCOC(=O)C(C)(C)N1CCC[C@@H](NC(=O)OC(C)(C)C)C1. The number of piperidine rings is 1. The highest BCUT2D eigenvalue weighted by atomic mass is 16.6. The minimum absolute atomic E-state index is 0.0164. The number of hydrogen-bond acceptors (Lipinski definition) is 5. The summed E-state index contributed by atoms with van der Waals surface area (Å²) in [6.07, 6.45) is 1.39. The lowest BCUT2D eigenvalue weighted by atomic mass is 9.96. The van der Waals surface area contributed by atoms with Crippen molar-refractivity contribution in [3.63, 3.8) is 0 Å². The van der Waals surface area contributed by atoms with Crippen LogP contribution in [0.1, 0.15) is 54.4 Å². The number of likely N-dealkylation sites (tertiary alicyclic amines) is 1. The van der Waals surface area contributed by atoms with Gasteiger partial charge in [-0.25, -0.2) is 4.79 Å². The molecule has 1 aliphatic heterocycles. The molecular formula is C16H30N2O4. The molecule has 0 spiro atoms. The van der Waals surface area contributed by atoms with Crippen molar-refractivity contribution in [3.05, 3.63) is 0 Å². The molecule has 0 aliphatic carbocycles. The summed E-state index contributed by atoms with van der Waals surface area (Å²) in [5.74, 6) is -0.229. The van der Waals surface area contributed by atoms with Gasteiger partial charge in [0.2, 0.25) is 0 Å². The molecule has 0 bridgehead atoms. The molecule has 1 amide bonds. The zero-order chi connectivity index (χ0) is 17.0. The van der Waals surface area contributed by atoms with E-state index in [1.165, 1.54) is 0 Å². The molecule has 6 nitrogen and oxygen atoms in total. The van der Waals surface area contributed by atoms with Gasteiger partial charge in [-0.1, -0.05) is 0 Å². The predicted octanol–water partition coefficient (Wildman–Crippen LogP) is 2.32. The van der Waals surface area contributed by atoms with Gasteiger partial charge >= 0.3 is 12.1 Å². The molecule has 1 saturated heterocycles. The number of amides is 1. The van der Waals surface area contributed by atoms with Gasteiger partial charge in [-0.05, 0) is 60.9 Å². The molecule has 0 saturated carbocycles. The van der Waals surface area contributed by atoms with E-state index in [-0.39, 0.29) is 12.0 Å². The van der Waals surface area contributed by atoms with Gasteiger partial charge < -0.3 is 14.8 Å². The summed E-state index contributed by atoms with van der Waals surface area (Å²) in [5, 5.41) is 2.89. The average molecular weight is 314 g/mol. The standard InChI is InChI=1S/C16H30N2O4/c1-7-21-13(19)16(5,6)18-10-8-9-12(11-18)17-14(20)22-15(2,3)4/h12H,7-11H2,1-6H3,(H,17,20)/t12-/m1/s1. The highest BCUT2D eigenvalue weighted by Gasteiger charge is 2.39. The van der Waals surface area contributed by atoms with Gasteiger partial charge in [0.15, 0.2) is 0 Å². The van der Waals surface area contributed by atoms with Gasteiger partial charge in [0.05, 0.1) is 6.61 Å².